The van der Waals surface area contributed by atoms with E-state index in [9.17, 15) is 5.11 Å². The lowest BCUT2D eigenvalue weighted by Gasteiger charge is -2.39. The molecule has 4 heteroatoms. The Morgan fingerprint density at radius 2 is 2.19 bits per heavy atom. The van der Waals surface area contributed by atoms with Gasteiger partial charge in [0.15, 0.2) is 0 Å². The number of likely N-dealkylation sites (N-methyl/N-ethyl adjacent to an activating group) is 1. The highest BCUT2D eigenvalue weighted by Crippen LogP contribution is 2.21. The van der Waals surface area contributed by atoms with Gasteiger partial charge in [-0.15, -0.1) is 0 Å². The highest BCUT2D eigenvalue weighted by molar-refractivity contribution is 4.86. The summed E-state index contributed by atoms with van der Waals surface area (Å²) in [5.74, 6) is 0.398. The van der Waals surface area contributed by atoms with Crippen molar-refractivity contribution in [3.8, 4) is 0 Å². The third-order valence-corrected chi connectivity index (χ3v) is 3.46. The van der Waals surface area contributed by atoms with Gasteiger partial charge in [0.25, 0.3) is 0 Å². The summed E-state index contributed by atoms with van der Waals surface area (Å²) in [6, 6.07) is 0.511. The molecule has 0 aromatic carbocycles. The monoisotopic (exact) mass is 229 g/mol. The van der Waals surface area contributed by atoms with Gasteiger partial charge in [0.1, 0.15) is 0 Å². The van der Waals surface area contributed by atoms with Crippen LogP contribution in [0.15, 0.2) is 0 Å². The van der Waals surface area contributed by atoms with Crippen LogP contribution in [0.2, 0.25) is 0 Å². The molecule has 1 fully saturated rings. The van der Waals surface area contributed by atoms with Crippen molar-refractivity contribution in [3.05, 3.63) is 0 Å². The molecule has 0 radical (unpaired) electrons. The summed E-state index contributed by atoms with van der Waals surface area (Å²) >= 11 is 0. The highest BCUT2D eigenvalue weighted by Gasteiger charge is 2.29. The number of rotatable bonds is 6. The van der Waals surface area contributed by atoms with Crippen LogP contribution in [0.5, 0.6) is 0 Å². The molecule has 96 valence electrons. The van der Waals surface area contributed by atoms with Crippen molar-refractivity contribution in [2.45, 2.75) is 38.8 Å². The minimum atomic E-state index is -0.165. The Morgan fingerprint density at radius 3 is 2.75 bits per heavy atom. The summed E-state index contributed by atoms with van der Waals surface area (Å²) in [5.41, 5.74) is 5.61. The first-order valence-corrected chi connectivity index (χ1v) is 6.55. The van der Waals surface area contributed by atoms with E-state index < -0.39 is 0 Å². The van der Waals surface area contributed by atoms with Crippen LogP contribution < -0.4 is 11.1 Å². The number of nitrogens with one attached hydrogen (secondary N) is 1. The fourth-order valence-electron chi connectivity index (χ4n) is 2.65. The topological polar surface area (TPSA) is 61.5 Å². The van der Waals surface area contributed by atoms with Gasteiger partial charge in [0.05, 0.1) is 6.10 Å². The molecule has 0 aromatic rings. The molecule has 16 heavy (non-hydrogen) atoms. The standard InChI is InChI=1S/C12H27N3O/c1-3-12(16)10-7-11(14-4-2)9-15(8-10)6-5-13/h10-12,14,16H,3-9,13H2,1-2H3. The molecule has 3 unspecified atom stereocenters. The molecular weight excluding hydrogens is 202 g/mol. The van der Waals surface area contributed by atoms with E-state index in [-0.39, 0.29) is 6.10 Å². The number of aliphatic hydroxyl groups excluding tert-OH is 1. The van der Waals surface area contributed by atoms with E-state index in [1.807, 2.05) is 0 Å². The van der Waals surface area contributed by atoms with E-state index in [1.54, 1.807) is 0 Å². The number of aliphatic hydroxyl groups is 1. The summed E-state index contributed by atoms with van der Waals surface area (Å²) in [5, 5.41) is 13.5. The quantitative estimate of drug-likeness (QED) is 0.601. The maximum atomic E-state index is 9.97. The van der Waals surface area contributed by atoms with Crippen LogP contribution >= 0.6 is 0 Å². The van der Waals surface area contributed by atoms with E-state index in [0.29, 0.717) is 18.5 Å². The van der Waals surface area contributed by atoms with Gasteiger partial charge in [-0.25, -0.2) is 0 Å². The average molecular weight is 229 g/mol. The number of nitrogens with two attached hydrogens (primary N) is 1. The summed E-state index contributed by atoms with van der Waals surface area (Å²) in [7, 11) is 0. The predicted molar refractivity (Wildman–Crippen MR) is 67.4 cm³/mol. The predicted octanol–water partition coefficient (Wildman–Crippen LogP) is 0.0160. The molecular formula is C12H27N3O. The Morgan fingerprint density at radius 1 is 1.44 bits per heavy atom. The van der Waals surface area contributed by atoms with Gasteiger partial charge in [0.2, 0.25) is 0 Å². The number of hydrogen-bond acceptors (Lipinski definition) is 4. The number of likely N-dealkylation sites (tertiary alicyclic amines) is 1. The summed E-state index contributed by atoms with van der Waals surface area (Å²) in [4.78, 5) is 2.38. The van der Waals surface area contributed by atoms with Crippen molar-refractivity contribution in [2.75, 3.05) is 32.7 Å². The van der Waals surface area contributed by atoms with Crippen molar-refractivity contribution in [3.63, 3.8) is 0 Å². The molecule has 1 heterocycles. The molecule has 3 atom stereocenters. The normalized spacial score (nSPS) is 29.2. The minimum absolute atomic E-state index is 0.165. The van der Waals surface area contributed by atoms with Crippen molar-refractivity contribution >= 4 is 0 Å². The SMILES string of the molecule is CCNC1CC(C(O)CC)CN(CCN)C1. The fraction of sp³-hybridized carbons (Fsp3) is 1.00. The first-order valence-electron chi connectivity index (χ1n) is 6.55. The molecule has 1 rings (SSSR count). The largest absolute Gasteiger partial charge is 0.393 e. The van der Waals surface area contributed by atoms with Gasteiger partial charge in [-0.05, 0) is 25.3 Å². The van der Waals surface area contributed by atoms with E-state index in [1.165, 1.54) is 0 Å². The van der Waals surface area contributed by atoms with Gasteiger partial charge in [-0.2, -0.15) is 0 Å². The van der Waals surface area contributed by atoms with Gasteiger partial charge < -0.3 is 21.1 Å². The number of nitrogens with zero attached hydrogens (tertiary/aromatic N) is 1. The van der Waals surface area contributed by atoms with Crippen LogP contribution in [0.4, 0.5) is 0 Å². The van der Waals surface area contributed by atoms with Crippen LogP contribution in [-0.2, 0) is 0 Å². The molecule has 0 amide bonds. The maximum absolute atomic E-state index is 9.97. The lowest BCUT2D eigenvalue weighted by Crippen LogP contribution is -2.52. The lowest BCUT2D eigenvalue weighted by molar-refractivity contribution is 0.0370. The lowest BCUT2D eigenvalue weighted by atomic mass is 9.88. The molecule has 0 saturated carbocycles. The van der Waals surface area contributed by atoms with E-state index in [4.69, 9.17) is 5.73 Å². The minimum Gasteiger partial charge on any atom is -0.393 e. The van der Waals surface area contributed by atoms with Gasteiger partial charge in [-0.3, -0.25) is 0 Å². The van der Waals surface area contributed by atoms with Crippen molar-refractivity contribution in [2.24, 2.45) is 11.7 Å². The summed E-state index contributed by atoms with van der Waals surface area (Å²) < 4.78 is 0. The second-order valence-corrected chi connectivity index (χ2v) is 4.77. The second-order valence-electron chi connectivity index (χ2n) is 4.77. The Hall–Kier alpha value is -0.160. The van der Waals surface area contributed by atoms with Crippen molar-refractivity contribution < 1.29 is 5.11 Å². The van der Waals surface area contributed by atoms with Crippen LogP contribution in [0, 0.1) is 5.92 Å². The van der Waals surface area contributed by atoms with E-state index >= 15 is 0 Å². The second kappa shape index (κ2) is 7.22. The van der Waals surface area contributed by atoms with Crippen molar-refractivity contribution in [1.82, 2.24) is 10.2 Å². The zero-order chi connectivity index (χ0) is 12.0. The smallest absolute Gasteiger partial charge is 0.0578 e. The maximum Gasteiger partial charge on any atom is 0.0578 e. The molecule has 4 nitrogen and oxygen atoms in total. The molecule has 1 saturated heterocycles. The van der Waals surface area contributed by atoms with Crippen LogP contribution in [0.3, 0.4) is 0 Å². The highest BCUT2D eigenvalue weighted by atomic mass is 16.3. The molecule has 0 aromatic heterocycles. The van der Waals surface area contributed by atoms with Crippen molar-refractivity contribution in [1.29, 1.82) is 0 Å². The fourth-order valence-corrected chi connectivity index (χ4v) is 2.65. The molecule has 0 bridgehead atoms. The van der Waals surface area contributed by atoms with Crippen LogP contribution in [-0.4, -0.2) is 54.9 Å². The summed E-state index contributed by atoms with van der Waals surface area (Å²) in [6.45, 7) is 8.88. The van der Waals surface area contributed by atoms with Gasteiger partial charge >= 0.3 is 0 Å². The Bertz CT molecular complexity index is 175. The molecule has 0 aliphatic carbocycles. The average Bonchev–Trinajstić information content (AvgIpc) is 2.28. The Labute approximate surface area is 99.2 Å². The zero-order valence-corrected chi connectivity index (χ0v) is 10.7. The van der Waals surface area contributed by atoms with E-state index in [2.05, 4.69) is 24.1 Å². The molecule has 0 spiro atoms. The van der Waals surface area contributed by atoms with Crippen LogP contribution in [0.25, 0.3) is 0 Å². The van der Waals surface area contributed by atoms with Gasteiger partial charge in [0, 0.05) is 32.2 Å². The molecule has 4 N–H and O–H groups in total. The van der Waals surface area contributed by atoms with E-state index in [0.717, 1.165) is 39.0 Å². The zero-order valence-electron chi connectivity index (χ0n) is 10.7. The number of hydrogen-bond donors (Lipinski definition) is 3. The Kier molecular flexibility index (Phi) is 6.28. The van der Waals surface area contributed by atoms with Crippen LogP contribution in [0.1, 0.15) is 26.7 Å². The third-order valence-electron chi connectivity index (χ3n) is 3.46. The molecule has 1 aliphatic heterocycles. The summed E-state index contributed by atoms with van der Waals surface area (Å²) in [6.07, 6.45) is 1.77. The Balaban J connectivity index is 2.51. The van der Waals surface area contributed by atoms with Gasteiger partial charge in [-0.1, -0.05) is 13.8 Å². The first-order chi connectivity index (χ1) is 7.71. The number of piperidine rings is 1. The third kappa shape index (κ3) is 4.01. The first kappa shape index (κ1) is 13.9. The molecule has 1 aliphatic rings.